The number of carbonyl (C=O) groups excluding carboxylic acids is 1. The lowest BCUT2D eigenvalue weighted by atomic mass is 10.1. The van der Waals surface area contributed by atoms with Gasteiger partial charge in [-0.05, 0) is 50.1 Å². The molecular formula is C24H34N4O3. The van der Waals surface area contributed by atoms with E-state index in [1.54, 1.807) is 14.2 Å². The van der Waals surface area contributed by atoms with E-state index in [4.69, 9.17) is 9.47 Å². The van der Waals surface area contributed by atoms with Crippen molar-refractivity contribution < 1.29 is 14.3 Å². The monoisotopic (exact) mass is 426 g/mol. The van der Waals surface area contributed by atoms with Crippen LogP contribution in [0.5, 0.6) is 11.5 Å². The third-order valence-corrected chi connectivity index (χ3v) is 4.88. The molecule has 7 nitrogen and oxygen atoms in total. The highest BCUT2D eigenvalue weighted by molar-refractivity contribution is 5.94. The van der Waals surface area contributed by atoms with Crippen molar-refractivity contribution >= 4 is 11.9 Å². The Balaban J connectivity index is 2.06. The molecule has 0 saturated carbocycles. The Labute approximate surface area is 185 Å². The molecule has 0 aliphatic carbocycles. The van der Waals surface area contributed by atoms with E-state index >= 15 is 0 Å². The zero-order valence-electron chi connectivity index (χ0n) is 19.1. The van der Waals surface area contributed by atoms with Crippen molar-refractivity contribution in [2.45, 2.75) is 46.3 Å². The van der Waals surface area contributed by atoms with E-state index in [9.17, 15) is 4.79 Å². The summed E-state index contributed by atoms with van der Waals surface area (Å²) in [6, 6.07) is 13.4. The molecule has 3 N–H and O–H groups in total. The topological polar surface area (TPSA) is 84.0 Å². The van der Waals surface area contributed by atoms with Crippen LogP contribution in [0.15, 0.2) is 47.5 Å². The Morgan fingerprint density at radius 3 is 2.55 bits per heavy atom. The van der Waals surface area contributed by atoms with E-state index in [0.717, 1.165) is 35.6 Å². The van der Waals surface area contributed by atoms with Crippen LogP contribution in [0.1, 0.15) is 48.7 Å². The van der Waals surface area contributed by atoms with Gasteiger partial charge in [-0.3, -0.25) is 4.79 Å². The van der Waals surface area contributed by atoms with Gasteiger partial charge in [-0.15, -0.1) is 0 Å². The van der Waals surface area contributed by atoms with Crippen LogP contribution in [-0.2, 0) is 13.1 Å². The summed E-state index contributed by atoms with van der Waals surface area (Å²) >= 11 is 0. The van der Waals surface area contributed by atoms with Gasteiger partial charge in [0.1, 0.15) is 11.5 Å². The number of nitrogens with zero attached hydrogens (tertiary/aromatic N) is 1. The summed E-state index contributed by atoms with van der Waals surface area (Å²) < 4.78 is 10.7. The molecule has 0 fully saturated rings. The molecule has 0 heterocycles. The second-order valence-corrected chi connectivity index (χ2v) is 7.21. The molecule has 0 aliphatic heterocycles. The largest absolute Gasteiger partial charge is 0.497 e. The lowest BCUT2D eigenvalue weighted by molar-refractivity contribution is 0.0939. The quantitative estimate of drug-likeness (QED) is 0.400. The van der Waals surface area contributed by atoms with Crippen LogP contribution < -0.4 is 25.4 Å². The molecule has 0 aliphatic rings. The highest BCUT2D eigenvalue weighted by Gasteiger charge is 2.09. The number of carbonyl (C=O) groups is 1. The van der Waals surface area contributed by atoms with E-state index < -0.39 is 0 Å². The van der Waals surface area contributed by atoms with Gasteiger partial charge in [-0.25, -0.2) is 4.99 Å². The van der Waals surface area contributed by atoms with Gasteiger partial charge in [0.2, 0.25) is 0 Å². The second-order valence-electron chi connectivity index (χ2n) is 7.21. The SMILES string of the molecule is CCNC(=NCc1cccc(C(=O)NC(C)CC)c1)NCc1ccc(OC)cc1OC. The molecule has 0 bridgehead atoms. The Kier molecular flexibility index (Phi) is 9.68. The summed E-state index contributed by atoms with van der Waals surface area (Å²) in [5.74, 6) is 2.13. The van der Waals surface area contributed by atoms with Crippen molar-refractivity contribution in [2.75, 3.05) is 20.8 Å². The van der Waals surface area contributed by atoms with Crippen molar-refractivity contribution in [2.24, 2.45) is 4.99 Å². The van der Waals surface area contributed by atoms with Crippen molar-refractivity contribution in [1.82, 2.24) is 16.0 Å². The summed E-state index contributed by atoms with van der Waals surface area (Å²) in [6.45, 7) is 7.81. The van der Waals surface area contributed by atoms with Gasteiger partial charge in [0.25, 0.3) is 5.91 Å². The highest BCUT2D eigenvalue weighted by Crippen LogP contribution is 2.24. The highest BCUT2D eigenvalue weighted by atomic mass is 16.5. The molecule has 1 amide bonds. The van der Waals surface area contributed by atoms with Crippen LogP contribution >= 0.6 is 0 Å². The molecule has 0 saturated heterocycles. The summed E-state index contributed by atoms with van der Waals surface area (Å²) in [7, 11) is 3.27. The van der Waals surface area contributed by atoms with Gasteiger partial charge in [0.15, 0.2) is 5.96 Å². The van der Waals surface area contributed by atoms with Gasteiger partial charge in [0, 0.05) is 36.3 Å². The molecular weight excluding hydrogens is 392 g/mol. The van der Waals surface area contributed by atoms with Gasteiger partial charge in [-0.2, -0.15) is 0 Å². The standard InChI is InChI=1S/C24H34N4O3/c1-6-17(3)28-23(29)19-10-8-9-18(13-19)15-26-24(25-7-2)27-16-20-11-12-21(30-4)14-22(20)31-5/h8-14,17H,6-7,15-16H2,1-5H3,(H,28,29)(H2,25,26,27). The second kappa shape index (κ2) is 12.5. The minimum Gasteiger partial charge on any atom is -0.497 e. The Morgan fingerprint density at radius 2 is 1.87 bits per heavy atom. The predicted octanol–water partition coefficient (Wildman–Crippen LogP) is 3.49. The lowest BCUT2D eigenvalue weighted by Crippen LogP contribution is -2.36. The maximum absolute atomic E-state index is 12.4. The molecule has 1 atom stereocenters. The number of hydrogen-bond donors (Lipinski definition) is 3. The average molecular weight is 427 g/mol. The number of aliphatic imine (C=N–C) groups is 1. The molecule has 2 rings (SSSR count). The number of rotatable bonds is 10. The van der Waals surface area contributed by atoms with E-state index in [2.05, 4.69) is 20.9 Å². The smallest absolute Gasteiger partial charge is 0.251 e. The zero-order chi connectivity index (χ0) is 22.6. The van der Waals surface area contributed by atoms with Crippen LogP contribution in [0.25, 0.3) is 0 Å². The first-order chi connectivity index (χ1) is 15.0. The summed E-state index contributed by atoms with van der Waals surface area (Å²) in [4.78, 5) is 17.0. The number of methoxy groups -OCH3 is 2. The maximum atomic E-state index is 12.4. The number of ether oxygens (including phenoxy) is 2. The van der Waals surface area contributed by atoms with Gasteiger partial charge in [0.05, 0.1) is 20.8 Å². The fourth-order valence-electron chi connectivity index (χ4n) is 2.91. The molecule has 1 unspecified atom stereocenters. The van der Waals surface area contributed by atoms with Crippen LogP contribution in [0.3, 0.4) is 0 Å². The van der Waals surface area contributed by atoms with E-state index in [1.807, 2.05) is 63.2 Å². The zero-order valence-corrected chi connectivity index (χ0v) is 19.1. The molecule has 7 heteroatoms. The summed E-state index contributed by atoms with van der Waals surface area (Å²) in [5.41, 5.74) is 2.61. The number of hydrogen-bond acceptors (Lipinski definition) is 4. The van der Waals surface area contributed by atoms with Crippen LogP contribution in [0.2, 0.25) is 0 Å². The maximum Gasteiger partial charge on any atom is 0.251 e. The predicted molar refractivity (Wildman–Crippen MR) is 125 cm³/mol. The normalized spacial score (nSPS) is 12.1. The first-order valence-electron chi connectivity index (χ1n) is 10.6. The Bertz CT molecular complexity index is 883. The minimum atomic E-state index is -0.0585. The third-order valence-electron chi connectivity index (χ3n) is 4.88. The first-order valence-corrected chi connectivity index (χ1v) is 10.6. The van der Waals surface area contributed by atoms with E-state index in [-0.39, 0.29) is 11.9 Å². The van der Waals surface area contributed by atoms with Crippen LogP contribution in [0, 0.1) is 0 Å². The van der Waals surface area contributed by atoms with Crippen LogP contribution in [0.4, 0.5) is 0 Å². The third kappa shape index (κ3) is 7.51. The molecule has 2 aromatic carbocycles. The number of nitrogens with one attached hydrogen (secondary N) is 3. The average Bonchev–Trinajstić information content (AvgIpc) is 2.80. The van der Waals surface area contributed by atoms with Gasteiger partial charge < -0.3 is 25.4 Å². The van der Waals surface area contributed by atoms with Crippen molar-refractivity contribution in [3.05, 3.63) is 59.2 Å². The van der Waals surface area contributed by atoms with Crippen molar-refractivity contribution in [3.8, 4) is 11.5 Å². The molecule has 0 aromatic heterocycles. The number of guanidine groups is 1. The summed E-state index contributed by atoms with van der Waals surface area (Å²) in [5, 5.41) is 9.57. The van der Waals surface area contributed by atoms with Crippen LogP contribution in [-0.4, -0.2) is 38.7 Å². The first kappa shape index (κ1) is 24.1. The fourth-order valence-corrected chi connectivity index (χ4v) is 2.91. The summed E-state index contributed by atoms with van der Waals surface area (Å²) in [6.07, 6.45) is 0.895. The molecule has 0 spiro atoms. The van der Waals surface area contributed by atoms with E-state index in [0.29, 0.717) is 24.6 Å². The number of benzene rings is 2. The van der Waals surface area contributed by atoms with Crippen molar-refractivity contribution in [1.29, 1.82) is 0 Å². The van der Waals surface area contributed by atoms with Crippen molar-refractivity contribution in [3.63, 3.8) is 0 Å². The molecule has 168 valence electrons. The molecule has 31 heavy (non-hydrogen) atoms. The Hall–Kier alpha value is -3.22. The Morgan fingerprint density at radius 1 is 1.06 bits per heavy atom. The minimum absolute atomic E-state index is 0.0585. The van der Waals surface area contributed by atoms with E-state index in [1.165, 1.54) is 0 Å². The van der Waals surface area contributed by atoms with Gasteiger partial charge >= 0.3 is 0 Å². The molecule has 0 radical (unpaired) electrons. The number of amides is 1. The fraction of sp³-hybridized carbons (Fsp3) is 0.417. The molecule has 2 aromatic rings. The lowest BCUT2D eigenvalue weighted by Gasteiger charge is -2.14. The van der Waals surface area contributed by atoms with Gasteiger partial charge in [-0.1, -0.05) is 19.1 Å².